The molecular formula is C28H26ClN3O4. The zero-order valence-electron chi connectivity index (χ0n) is 19.8. The molecule has 0 aliphatic carbocycles. The molecule has 0 bridgehead atoms. The summed E-state index contributed by atoms with van der Waals surface area (Å²) in [6.07, 6.45) is 1.40. The Kier molecular flexibility index (Phi) is 7.21. The van der Waals surface area contributed by atoms with Crippen LogP contribution in [0.5, 0.6) is 11.5 Å². The van der Waals surface area contributed by atoms with Crippen molar-refractivity contribution in [3.63, 3.8) is 0 Å². The summed E-state index contributed by atoms with van der Waals surface area (Å²) in [5.74, 6) is 1.63. The predicted molar refractivity (Wildman–Crippen MR) is 136 cm³/mol. The minimum atomic E-state index is -0.283. The predicted octanol–water partition coefficient (Wildman–Crippen LogP) is 5.75. The van der Waals surface area contributed by atoms with E-state index in [-0.39, 0.29) is 24.4 Å². The van der Waals surface area contributed by atoms with Gasteiger partial charge in [0.1, 0.15) is 6.26 Å². The average molecular weight is 504 g/mol. The molecule has 3 aromatic carbocycles. The number of nitrogens with one attached hydrogen (secondary N) is 1. The smallest absolute Gasteiger partial charge is 0.273 e. The van der Waals surface area contributed by atoms with Gasteiger partial charge in [-0.3, -0.25) is 9.69 Å². The van der Waals surface area contributed by atoms with Crippen LogP contribution in [0, 0.1) is 0 Å². The van der Waals surface area contributed by atoms with Crippen LogP contribution < -0.4 is 14.8 Å². The second-order valence-corrected chi connectivity index (χ2v) is 9.06. The first-order chi connectivity index (χ1) is 17.5. The van der Waals surface area contributed by atoms with Crippen molar-refractivity contribution in [2.75, 3.05) is 6.79 Å². The standard InChI is InChI=1S/C28H26ClN3O4/c1-19(21-7-3-2-4-8-21)30-28(33)24-17-34-27(31-24)16-32(15-22-9-5-6-10-23(22)29)14-20-11-12-25-26(13-20)36-18-35-25/h2-13,17,19H,14-16,18H2,1H3,(H,30,33)/t19-/m1/s1. The molecule has 36 heavy (non-hydrogen) atoms. The van der Waals surface area contributed by atoms with Crippen molar-refractivity contribution in [2.45, 2.75) is 32.6 Å². The number of fused-ring (bicyclic) bond motifs is 1. The van der Waals surface area contributed by atoms with Gasteiger partial charge in [-0.25, -0.2) is 4.98 Å². The molecule has 1 aliphatic heterocycles. The maximum Gasteiger partial charge on any atom is 0.273 e. The summed E-state index contributed by atoms with van der Waals surface area (Å²) in [6.45, 7) is 3.72. The minimum absolute atomic E-state index is 0.151. The number of ether oxygens (including phenoxy) is 2. The number of aromatic nitrogens is 1. The van der Waals surface area contributed by atoms with E-state index in [1.54, 1.807) is 0 Å². The zero-order valence-corrected chi connectivity index (χ0v) is 20.6. The first-order valence-electron chi connectivity index (χ1n) is 11.7. The second kappa shape index (κ2) is 10.8. The number of hydrogen-bond acceptors (Lipinski definition) is 6. The van der Waals surface area contributed by atoms with Crippen LogP contribution >= 0.6 is 11.6 Å². The van der Waals surface area contributed by atoms with Gasteiger partial charge in [0.05, 0.1) is 12.6 Å². The topological polar surface area (TPSA) is 76.8 Å². The Labute approximate surface area is 214 Å². The molecular weight excluding hydrogens is 478 g/mol. The van der Waals surface area contributed by atoms with E-state index in [9.17, 15) is 4.79 Å². The molecule has 0 fully saturated rings. The fraction of sp³-hybridized carbons (Fsp3) is 0.214. The number of carbonyl (C=O) groups excluding carboxylic acids is 1. The summed E-state index contributed by atoms with van der Waals surface area (Å²) < 4.78 is 16.7. The van der Waals surface area contributed by atoms with E-state index >= 15 is 0 Å². The molecule has 184 valence electrons. The number of benzene rings is 3. The first-order valence-corrected chi connectivity index (χ1v) is 12.1. The first kappa shape index (κ1) is 23.9. The van der Waals surface area contributed by atoms with Crippen molar-refractivity contribution in [1.82, 2.24) is 15.2 Å². The molecule has 0 saturated heterocycles. The van der Waals surface area contributed by atoms with Gasteiger partial charge in [0.15, 0.2) is 17.2 Å². The van der Waals surface area contributed by atoms with Crippen LogP contribution in [-0.2, 0) is 19.6 Å². The zero-order chi connectivity index (χ0) is 24.9. The number of oxazole rings is 1. The lowest BCUT2D eigenvalue weighted by atomic mass is 10.1. The Bertz CT molecular complexity index is 1340. The maximum atomic E-state index is 12.8. The molecule has 0 radical (unpaired) electrons. The summed E-state index contributed by atoms with van der Waals surface area (Å²) in [6, 6.07) is 23.3. The largest absolute Gasteiger partial charge is 0.454 e. The number of amides is 1. The molecule has 5 rings (SSSR count). The van der Waals surface area contributed by atoms with Gasteiger partial charge in [-0.2, -0.15) is 0 Å². The lowest BCUT2D eigenvalue weighted by Crippen LogP contribution is -2.27. The van der Waals surface area contributed by atoms with Crippen LogP contribution in [0.25, 0.3) is 0 Å². The molecule has 1 atom stereocenters. The number of rotatable bonds is 9. The molecule has 0 saturated carbocycles. The molecule has 1 aliphatic rings. The van der Waals surface area contributed by atoms with E-state index in [1.807, 2.05) is 79.7 Å². The van der Waals surface area contributed by atoms with Crippen molar-refractivity contribution in [2.24, 2.45) is 0 Å². The van der Waals surface area contributed by atoms with E-state index in [0.29, 0.717) is 30.5 Å². The third-order valence-electron chi connectivity index (χ3n) is 5.99. The Morgan fingerprint density at radius 3 is 2.61 bits per heavy atom. The molecule has 1 N–H and O–H groups in total. The maximum absolute atomic E-state index is 12.8. The van der Waals surface area contributed by atoms with Gasteiger partial charge in [0.2, 0.25) is 12.7 Å². The van der Waals surface area contributed by atoms with Crippen LogP contribution in [0.4, 0.5) is 0 Å². The highest BCUT2D eigenvalue weighted by Gasteiger charge is 2.19. The number of hydrogen-bond donors (Lipinski definition) is 1. The van der Waals surface area contributed by atoms with Crippen LogP contribution in [0.1, 0.15) is 46.0 Å². The Morgan fingerprint density at radius 2 is 1.78 bits per heavy atom. The number of nitrogens with zero attached hydrogens (tertiary/aromatic N) is 2. The average Bonchev–Trinajstić information content (AvgIpc) is 3.55. The third-order valence-corrected chi connectivity index (χ3v) is 6.35. The highest BCUT2D eigenvalue weighted by molar-refractivity contribution is 6.31. The highest BCUT2D eigenvalue weighted by Crippen LogP contribution is 2.33. The normalized spacial score (nSPS) is 13.1. The van der Waals surface area contributed by atoms with Gasteiger partial charge in [0.25, 0.3) is 5.91 Å². The van der Waals surface area contributed by atoms with Crippen LogP contribution in [-0.4, -0.2) is 22.6 Å². The fourth-order valence-electron chi connectivity index (χ4n) is 4.11. The second-order valence-electron chi connectivity index (χ2n) is 8.66. The monoisotopic (exact) mass is 503 g/mol. The van der Waals surface area contributed by atoms with E-state index in [1.165, 1.54) is 6.26 Å². The summed E-state index contributed by atoms with van der Waals surface area (Å²) in [5, 5.41) is 3.66. The van der Waals surface area contributed by atoms with Gasteiger partial charge in [-0.15, -0.1) is 0 Å². The van der Waals surface area contributed by atoms with Crippen molar-refractivity contribution in [3.05, 3.63) is 112 Å². The van der Waals surface area contributed by atoms with Gasteiger partial charge in [-0.1, -0.05) is 66.2 Å². The minimum Gasteiger partial charge on any atom is -0.454 e. The summed E-state index contributed by atoms with van der Waals surface area (Å²) in [4.78, 5) is 19.4. The van der Waals surface area contributed by atoms with E-state index in [2.05, 4.69) is 15.2 Å². The molecule has 0 spiro atoms. The quantitative estimate of drug-likeness (QED) is 0.313. The fourth-order valence-corrected chi connectivity index (χ4v) is 4.30. The molecule has 7 nitrogen and oxygen atoms in total. The highest BCUT2D eigenvalue weighted by atomic mass is 35.5. The van der Waals surface area contributed by atoms with Crippen molar-refractivity contribution in [3.8, 4) is 11.5 Å². The Hall–Kier alpha value is -3.81. The van der Waals surface area contributed by atoms with Gasteiger partial charge in [-0.05, 0) is 41.8 Å². The van der Waals surface area contributed by atoms with Crippen molar-refractivity contribution in [1.29, 1.82) is 0 Å². The molecule has 0 unspecified atom stereocenters. The number of carbonyl (C=O) groups is 1. The van der Waals surface area contributed by atoms with Crippen LogP contribution in [0.3, 0.4) is 0 Å². The molecule has 1 aromatic heterocycles. The SMILES string of the molecule is C[C@@H](NC(=O)c1coc(CN(Cc2ccc3c(c2)OCO3)Cc2ccccc2Cl)n1)c1ccccc1. The lowest BCUT2D eigenvalue weighted by Gasteiger charge is -2.22. The van der Waals surface area contributed by atoms with Gasteiger partial charge in [0, 0.05) is 18.1 Å². The summed E-state index contributed by atoms with van der Waals surface area (Å²) in [5.41, 5.74) is 3.30. The number of halogens is 1. The molecule has 4 aromatic rings. The molecule has 8 heteroatoms. The van der Waals surface area contributed by atoms with E-state index in [0.717, 1.165) is 28.2 Å². The van der Waals surface area contributed by atoms with Crippen LogP contribution in [0.2, 0.25) is 5.02 Å². The summed E-state index contributed by atoms with van der Waals surface area (Å²) >= 11 is 6.44. The van der Waals surface area contributed by atoms with E-state index < -0.39 is 0 Å². The lowest BCUT2D eigenvalue weighted by molar-refractivity contribution is 0.0934. The summed E-state index contributed by atoms with van der Waals surface area (Å²) in [7, 11) is 0. The third kappa shape index (κ3) is 5.70. The Balaban J connectivity index is 1.30. The van der Waals surface area contributed by atoms with Gasteiger partial charge >= 0.3 is 0 Å². The van der Waals surface area contributed by atoms with E-state index in [4.69, 9.17) is 25.5 Å². The molecule has 2 heterocycles. The molecule has 1 amide bonds. The van der Waals surface area contributed by atoms with Crippen molar-refractivity contribution >= 4 is 17.5 Å². The van der Waals surface area contributed by atoms with Gasteiger partial charge < -0.3 is 19.2 Å². The Morgan fingerprint density at radius 1 is 1.00 bits per heavy atom. The van der Waals surface area contributed by atoms with Crippen LogP contribution in [0.15, 0.2) is 83.5 Å². The van der Waals surface area contributed by atoms with Crippen molar-refractivity contribution < 1.29 is 18.7 Å².